The van der Waals surface area contributed by atoms with Crippen LogP contribution >= 0.6 is 0 Å². The average molecular weight is 342 g/mol. The summed E-state index contributed by atoms with van der Waals surface area (Å²) in [5, 5.41) is 0. The lowest BCUT2D eigenvalue weighted by Crippen LogP contribution is -2.30. The van der Waals surface area contributed by atoms with E-state index in [-0.39, 0.29) is 18.1 Å². The summed E-state index contributed by atoms with van der Waals surface area (Å²) in [7, 11) is 1.77. The fraction of sp³-hybridized carbons (Fsp3) is 0.400. The summed E-state index contributed by atoms with van der Waals surface area (Å²) < 4.78 is 5.28. The van der Waals surface area contributed by atoms with Crippen LogP contribution in [0, 0.1) is 13.8 Å². The van der Waals surface area contributed by atoms with Crippen LogP contribution in [0.1, 0.15) is 64.5 Å². The van der Waals surface area contributed by atoms with Crippen molar-refractivity contribution in [2.24, 2.45) is 0 Å². The van der Waals surface area contributed by atoms with E-state index in [1.54, 1.807) is 39.6 Å². The van der Waals surface area contributed by atoms with Gasteiger partial charge in [-0.2, -0.15) is 0 Å². The van der Waals surface area contributed by atoms with Crippen molar-refractivity contribution in [3.8, 4) is 0 Å². The van der Waals surface area contributed by atoms with E-state index in [1.807, 2.05) is 37.3 Å². The highest BCUT2D eigenvalue weighted by Crippen LogP contribution is 2.24. The minimum absolute atomic E-state index is 0.0808. The fourth-order valence-electron chi connectivity index (χ4n) is 2.85. The molecule has 2 rings (SSSR count). The van der Waals surface area contributed by atoms with Crippen molar-refractivity contribution in [2.45, 2.75) is 46.8 Å². The summed E-state index contributed by atoms with van der Waals surface area (Å²) >= 11 is 0. The highest BCUT2D eigenvalue weighted by atomic mass is 16.5. The summed E-state index contributed by atoms with van der Waals surface area (Å²) in [5.74, 6) is -0.556. The van der Waals surface area contributed by atoms with Crippen molar-refractivity contribution >= 4 is 11.9 Å². The molecule has 0 aliphatic heterocycles. The standard InChI is InChI=1S/C20H26N2O3/c1-12(2)25-20(24)17-13(3)18(21-14(17)4)19(23)22(6)15(5)16-10-8-7-9-11-16/h7-12,15,21H,1-6H3/t15-/m1/s1. The molecule has 2 aromatic rings. The number of H-pyrrole nitrogens is 1. The zero-order valence-electron chi connectivity index (χ0n) is 15.7. The molecule has 5 heteroatoms. The van der Waals surface area contributed by atoms with Crippen LogP contribution in [-0.2, 0) is 4.74 Å². The molecule has 25 heavy (non-hydrogen) atoms. The molecule has 0 unspecified atom stereocenters. The van der Waals surface area contributed by atoms with Crippen LogP contribution in [0.25, 0.3) is 0 Å². The van der Waals surface area contributed by atoms with Gasteiger partial charge in [-0.3, -0.25) is 4.79 Å². The van der Waals surface area contributed by atoms with Gasteiger partial charge in [0, 0.05) is 12.7 Å². The smallest absolute Gasteiger partial charge is 0.340 e. The molecule has 134 valence electrons. The van der Waals surface area contributed by atoms with Crippen molar-refractivity contribution < 1.29 is 14.3 Å². The monoisotopic (exact) mass is 342 g/mol. The van der Waals surface area contributed by atoms with Gasteiger partial charge >= 0.3 is 5.97 Å². The largest absolute Gasteiger partial charge is 0.459 e. The summed E-state index contributed by atoms with van der Waals surface area (Å²) in [5.41, 5.74) is 3.20. The molecular formula is C20H26N2O3. The number of ether oxygens (including phenoxy) is 1. The molecule has 0 radical (unpaired) electrons. The van der Waals surface area contributed by atoms with E-state index in [9.17, 15) is 9.59 Å². The minimum atomic E-state index is -0.404. The second-order valence-corrected chi connectivity index (χ2v) is 6.58. The number of nitrogens with zero attached hydrogens (tertiary/aromatic N) is 1. The van der Waals surface area contributed by atoms with Crippen LogP contribution in [-0.4, -0.2) is 34.9 Å². The molecular weight excluding hydrogens is 316 g/mol. The van der Waals surface area contributed by atoms with Gasteiger partial charge in [0.1, 0.15) is 5.69 Å². The number of nitrogens with one attached hydrogen (secondary N) is 1. The number of aromatic amines is 1. The maximum Gasteiger partial charge on any atom is 0.340 e. The van der Waals surface area contributed by atoms with Crippen LogP contribution in [0.5, 0.6) is 0 Å². The lowest BCUT2D eigenvalue weighted by molar-refractivity contribution is 0.0376. The van der Waals surface area contributed by atoms with Gasteiger partial charge in [-0.05, 0) is 45.7 Å². The summed E-state index contributed by atoms with van der Waals surface area (Å²) in [6.07, 6.45) is -0.207. The number of amides is 1. The molecule has 1 aromatic carbocycles. The van der Waals surface area contributed by atoms with Gasteiger partial charge in [0.15, 0.2) is 0 Å². The molecule has 5 nitrogen and oxygen atoms in total. The third-order valence-corrected chi connectivity index (χ3v) is 4.38. The van der Waals surface area contributed by atoms with Gasteiger partial charge in [-0.25, -0.2) is 4.79 Å². The molecule has 1 aromatic heterocycles. The number of rotatable bonds is 5. The van der Waals surface area contributed by atoms with E-state index < -0.39 is 5.97 Å². The van der Waals surface area contributed by atoms with Gasteiger partial charge < -0.3 is 14.6 Å². The van der Waals surface area contributed by atoms with Gasteiger partial charge in [0.25, 0.3) is 5.91 Å². The summed E-state index contributed by atoms with van der Waals surface area (Å²) in [4.78, 5) is 30.0. The minimum Gasteiger partial charge on any atom is -0.459 e. The highest BCUT2D eigenvalue weighted by Gasteiger charge is 2.27. The number of esters is 1. The van der Waals surface area contributed by atoms with Crippen LogP contribution in [0.3, 0.4) is 0 Å². The SMILES string of the molecule is Cc1[nH]c(C(=O)N(C)[C@H](C)c2ccccc2)c(C)c1C(=O)OC(C)C. The molecule has 0 bridgehead atoms. The number of hydrogen-bond donors (Lipinski definition) is 1. The van der Waals surface area contributed by atoms with E-state index in [1.165, 1.54) is 0 Å². The fourth-order valence-corrected chi connectivity index (χ4v) is 2.85. The third-order valence-electron chi connectivity index (χ3n) is 4.38. The predicted octanol–water partition coefficient (Wildman–Crippen LogP) is 4.03. The number of carbonyl (C=O) groups is 2. The lowest BCUT2D eigenvalue weighted by Gasteiger charge is -2.25. The van der Waals surface area contributed by atoms with Gasteiger partial charge in [0.2, 0.25) is 0 Å². The molecule has 1 atom stereocenters. The first kappa shape index (κ1) is 18.8. The molecule has 1 N–H and O–H groups in total. The number of aryl methyl sites for hydroxylation is 1. The zero-order chi connectivity index (χ0) is 18.7. The van der Waals surface area contributed by atoms with Crippen molar-refractivity contribution in [1.82, 2.24) is 9.88 Å². The van der Waals surface area contributed by atoms with Gasteiger partial charge in [0.05, 0.1) is 17.7 Å². The summed E-state index contributed by atoms with van der Waals surface area (Å²) in [6.45, 7) is 9.13. The maximum atomic E-state index is 12.9. The second kappa shape index (κ2) is 7.55. The Balaban J connectivity index is 2.29. The number of carbonyl (C=O) groups excluding carboxylic acids is 2. The molecule has 1 amide bonds. The van der Waals surface area contributed by atoms with Crippen molar-refractivity contribution in [3.63, 3.8) is 0 Å². The molecule has 0 aliphatic carbocycles. The number of hydrogen-bond acceptors (Lipinski definition) is 3. The van der Waals surface area contributed by atoms with Crippen LogP contribution in [0.15, 0.2) is 30.3 Å². The first-order valence-electron chi connectivity index (χ1n) is 8.46. The zero-order valence-corrected chi connectivity index (χ0v) is 15.7. The topological polar surface area (TPSA) is 62.4 Å². The van der Waals surface area contributed by atoms with E-state index in [0.717, 1.165) is 5.56 Å². The van der Waals surface area contributed by atoms with E-state index in [4.69, 9.17) is 4.74 Å². The van der Waals surface area contributed by atoms with E-state index in [0.29, 0.717) is 22.5 Å². The molecule has 0 saturated heterocycles. The highest BCUT2D eigenvalue weighted by molar-refractivity contribution is 6.00. The quantitative estimate of drug-likeness (QED) is 0.835. The summed E-state index contributed by atoms with van der Waals surface area (Å²) in [6, 6.07) is 9.76. The predicted molar refractivity (Wildman–Crippen MR) is 97.8 cm³/mol. The molecule has 0 saturated carbocycles. The van der Waals surface area contributed by atoms with Crippen molar-refractivity contribution in [3.05, 3.63) is 58.4 Å². The first-order valence-corrected chi connectivity index (χ1v) is 8.46. The van der Waals surface area contributed by atoms with Crippen molar-refractivity contribution in [1.29, 1.82) is 0 Å². The van der Waals surface area contributed by atoms with Crippen LogP contribution < -0.4 is 0 Å². The maximum absolute atomic E-state index is 12.9. The number of aromatic nitrogens is 1. The Kier molecular flexibility index (Phi) is 5.67. The molecule has 0 fully saturated rings. The van der Waals surface area contributed by atoms with Gasteiger partial charge in [-0.15, -0.1) is 0 Å². The van der Waals surface area contributed by atoms with Crippen LogP contribution in [0.2, 0.25) is 0 Å². The van der Waals surface area contributed by atoms with Crippen LogP contribution in [0.4, 0.5) is 0 Å². The Hall–Kier alpha value is -2.56. The van der Waals surface area contributed by atoms with Gasteiger partial charge in [-0.1, -0.05) is 30.3 Å². The Labute approximate surface area is 149 Å². The molecule has 0 spiro atoms. The third kappa shape index (κ3) is 3.92. The Morgan fingerprint density at radius 3 is 2.24 bits per heavy atom. The van der Waals surface area contributed by atoms with E-state index >= 15 is 0 Å². The normalized spacial score (nSPS) is 12.1. The number of benzene rings is 1. The Bertz CT molecular complexity index is 763. The Morgan fingerprint density at radius 2 is 1.68 bits per heavy atom. The average Bonchev–Trinajstić information content (AvgIpc) is 2.87. The second-order valence-electron chi connectivity index (χ2n) is 6.58. The Morgan fingerprint density at radius 1 is 1.08 bits per heavy atom. The molecule has 0 aliphatic rings. The first-order chi connectivity index (χ1) is 11.7. The van der Waals surface area contributed by atoms with Crippen molar-refractivity contribution in [2.75, 3.05) is 7.05 Å². The van der Waals surface area contributed by atoms with E-state index in [2.05, 4.69) is 4.98 Å². The molecule has 1 heterocycles. The lowest BCUT2D eigenvalue weighted by atomic mass is 10.1.